The molecule has 6 heteroatoms. The summed E-state index contributed by atoms with van der Waals surface area (Å²) in [5.41, 5.74) is 3.08. The van der Waals surface area contributed by atoms with Crippen molar-refractivity contribution in [3.8, 4) is 0 Å². The largest absolute Gasteiger partial charge is 0.348 e. The van der Waals surface area contributed by atoms with E-state index in [-0.39, 0.29) is 11.9 Å². The highest BCUT2D eigenvalue weighted by Gasteiger charge is 2.30. The molecule has 0 radical (unpaired) electrons. The van der Waals surface area contributed by atoms with Crippen LogP contribution in [0.25, 0.3) is 0 Å². The number of nitrogens with one attached hydrogen (secondary N) is 1. The molecule has 4 rings (SSSR count). The molecule has 2 aromatic carbocycles. The van der Waals surface area contributed by atoms with Crippen LogP contribution < -0.4 is 5.32 Å². The number of anilines is 1. The van der Waals surface area contributed by atoms with Gasteiger partial charge < -0.3 is 14.8 Å². The molecular formula is C20H17ClFN3S. The van der Waals surface area contributed by atoms with Crippen LogP contribution in [0.3, 0.4) is 0 Å². The van der Waals surface area contributed by atoms with Crippen LogP contribution in [-0.2, 0) is 6.54 Å². The summed E-state index contributed by atoms with van der Waals surface area (Å²) in [6.07, 6.45) is 2.09. The maximum Gasteiger partial charge on any atom is 0.174 e. The highest BCUT2D eigenvalue weighted by Crippen LogP contribution is 2.33. The minimum Gasteiger partial charge on any atom is -0.348 e. The van der Waals surface area contributed by atoms with E-state index in [1.807, 2.05) is 24.3 Å². The smallest absolute Gasteiger partial charge is 0.174 e. The number of halogens is 2. The first-order valence-corrected chi connectivity index (χ1v) is 9.14. The summed E-state index contributed by atoms with van der Waals surface area (Å²) in [6.45, 7) is 1.64. The molecule has 2 heterocycles. The van der Waals surface area contributed by atoms with Crippen molar-refractivity contribution in [3.05, 3.63) is 89.0 Å². The van der Waals surface area contributed by atoms with Gasteiger partial charge in [0.15, 0.2) is 5.11 Å². The van der Waals surface area contributed by atoms with Crippen molar-refractivity contribution in [2.45, 2.75) is 12.6 Å². The first kappa shape index (κ1) is 17.1. The molecule has 3 nitrogen and oxygen atoms in total. The Morgan fingerprint density at radius 3 is 2.50 bits per heavy atom. The Balaban J connectivity index is 1.66. The number of hydrogen-bond donors (Lipinski definition) is 1. The van der Waals surface area contributed by atoms with Crippen molar-refractivity contribution < 1.29 is 4.39 Å². The summed E-state index contributed by atoms with van der Waals surface area (Å²) in [6, 6.07) is 18.2. The van der Waals surface area contributed by atoms with Gasteiger partial charge in [-0.2, -0.15) is 0 Å². The number of nitrogens with zero attached hydrogens (tertiary/aromatic N) is 2. The predicted molar refractivity (Wildman–Crippen MR) is 107 cm³/mol. The van der Waals surface area contributed by atoms with Crippen molar-refractivity contribution >= 4 is 34.6 Å². The fourth-order valence-electron chi connectivity index (χ4n) is 3.33. The molecule has 0 aliphatic carbocycles. The van der Waals surface area contributed by atoms with Crippen molar-refractivity contribution in [2.75, 3.05) is 11.9 Å². The van der Waals surface area contributed by atoms with E-state index in [0.717, 1.165) is 24.3 Å². The van der Waals surface area contributed by atoms with Gasteiger partial charge in [-0.05, 0) is 66.3 Å². The number of fused-ring (bicyclic) bond motifs is 1. The van der Waals surface area contributed by atoms with Gasteiger partial charge in [0.25, 0.3) is 0 Å². The van der Waals surface area contributed by atoms with Crippen molar-refractivity contribution in [1.82, 2.24) is 9.47 Å². The normalized spacial score (nSPS) is 16.2. The summed E-state index contributed by atoms with van der Waals surface area (Å²) in [5, 5.41) is 4.55. The van der Waals surface area contributed by atoms with Gasteiger partial charge in [0.05, 0.1) is 6.04 Å². The summed E-state index contributed by atoms with van der Waals surface area (Å²) >= 11 is 11.7. The van der Waals surface area contributed by atoms with E-state index < -0.39 is 0 Å². The summed E-state index contributed by atoms with van der Waals surface area (Å²) in [5.74, 6) is -0.267. The average Bonchev–Trinajstić information content (AvgIpc) is 3.12. The van der Waals surface area contributed by atoms with E-state index in [2.05, 4.69) is 33.1 Å². The Kier molecular flexibility index (Phi) is 4.66. The van der Waals surface area contributed by atoms with Crippen LogP contribution in [0.5, 0.6) is 0 Å². The zero-order valence-corrected chi connectivity index (χ0v) is 15.5. The molecule has 26 heavy (non-hydrogen) atoms. The van der Waals surface area contributed by atoms with Crippen LogP contribution in [0.15, 0.2) is 66.9 Å². The van der Waals surface area contributed by atoms with Crippen LogP contribution in [0.4, 0.5) is 10.1 Å². The van der Waals surface area contributed by atoms with Crippen LogP contribution in [0.2, 0.25) is 5.02 Å². The van der Waals surface area contributed by atoms with Gasteiger partial charge in [-0.1, -0.05) is 23.7 Å². The van der Waals surface area contributed by atoms with E-state index in [0.29, 0.717) is 10.1 Å². The molecule has 0 saturated heterocycles. The van der Waals surface area contributed by atoms with Gasteiger partial charge in [-0.25, -0.2) is 4.39 Å². The first-order valence-electron chi connectivity index (χ1n) is 8.35. The van der Waals surface area contributed by atoms with Gasteiger partial charge >= 0.3 is 0 Å². The molecule has 3 aromatic rings. The Morgan fingerprint density at radius 1 is 1.04 bits per heavy atom. The topological polar surface area (TPSA) is 20.2 Å². The van der Waals surface area contributed by atoms with E-state index in [4.69, 9.17) is 23.8 Å². The van der Waals surface area contributed by atoms with Crippen molar-refractivity contribution in [3.63, 3.8) is 0 Å². The molecule has 1 N–H and O–H groups in total. The summed E-state index contributed by atoms with van der Waals surface area (Å²) < 4.78 is 15.4. The van der Waals surface area contributed by atoms with Gasteiger partial charge in [-0.3, -0.25) is 0 Å². The quantitative estimate of drug-likeness (QED) is 0.621. The van der Waals surface area contributed by atoms with Crippen LogP contribution in [0, 0.1) is 5.82 Å². The van der Waals surface area contributed by atoms with Crippen molar-refractivity contribution in [2.24, 2.45) is 0 Å². The standard InChI is InChI=1S/C20H17ClFN3S/c21-15-5-3-14(4-6-15)19-18-2-1-11-24(18)12-13-25(19)20(26)23-17-9-7-16(22)8-10-17/h1-11,19H,12-13H2,(H,23,26). The van der Waals surface area contributed by atoms with Gasteiger partial charge in [0.1, 0.15) is 5.82 Å². The lowest BCUT2D eigenvalue weighted by Crippen LogP contribution is -2.44. The molecule has 132 valence electrons. The summed E-state index contributed by atoms with van der Waals surface area (Å²) in [4.78, 5) is 2.16. The Hall–Kier alpha value is -2.37. The molecule has 0 amide bonds. The maximum atomic E-state index is 13.1. The molecule has 0 spiro atoms. The third kappa shape index (κ3) is 3.32. The molecular weight excluding hydrogens is 369 g/mol. The van der Waals surface area contributed by atoms with Gasteiger partial charge in [-0.15, -0.1) is 0 Å². The SMILES string of the molecule is Fc1ccc(NC(=S)N2CCn3cccc3C2c2ccc(Cl)cc2)cc1. The minimum absolute atomic E-state index is 0.00327. The highest BCUT2D eigenvalue weighted by atomic mass is 35.5. The summed E-state index contributed by atoms with van der Waals surface area (Å²) in [7, 11) is 0. The lowest BCUT2D eigenvalue weighted by atomic mass is 10.0. The molecule has 0 bridgehead atoms. The first-order chi connectivity index (χ1) is 12.6. The van der Waals surface area contributed by atoms with Crippen LogP contribution >= 0.6 is 23.8 Å². The number of benzene rings is 2. The number of hydrogen-bond acceptors (Lipinski definition) is 1. The van der Waals surface area contributed by atoms with E-state index in [9.17, 15) is 4.39 Å². The number of thiocarbonyl (C=S) groups is 1. The molecule has 1 atom stereocenters. The molecule has 0 fully saturated rings. The fraction of sp³-hybridized carbons (Fsp3) is 0.150. The lowest BCUT2D eigenvalue weighted by Gasteiger charge is -2.39. The predicted octanol–water partition coefficient (Wildman–Crippen LogP) is 5.08. The minimum atomic E-state index is -0.267. The fourth-order valence-corrected chi connectivity index (χ4v) is 3.77. The molecule has 1 aromatic heterocycles. The second-order valence-corrected chi connectivity index (χ2v) is 7.03. The Bertz CT molecular complexity index is 921. The van der Waals surface area contributed by atoms with Gasteiger partial charge in [0, 0.05) is 35.7 Å². The molecule has 1 aliphatic rings. The zero-order chi connectivity index (χ0) is 18.1. The van der Waals surface area contributed by atoms with E-state index in [1.165, 1.54) is 17.8 Å². The number of rotatable bonds is 2. The third-order valence-corrected chi connectivity index (χ3v) is 5.17. The Morgan fingerprint density at radius 2 is 1.77 bits per heavy atom. The average molecular weight is 386 g/mol. The second-order valence-electron chi connectivity index (χ2n) is 6.21. The third-order valence-electron chi connectivity index (χ3n) is 4.58. The molecule has 1 unspecified atom stereocenters. The van der Waals surface area contributed by atoms with Gasteiger partial charge in [0.2, 0.25) is 0 Å². The molecule has 1 aliphatic heterocycles. The van der Waals surface area contributed by atoms with E-state index in [1.54, 1.807) is 12.1 Å². The maximum absolute atomic E-state index is 13.1. The van der Waals surface area contributed by atoms with Crippen LogP contribution in [-0.4, -0.2) is 21.1 Å². The van der Waals surface area contributed by atoms with E-state index >= 15 is 0 Å². The number of aromatic nitrogens is 1. The zero-order valence-electron chi connectivity index (χ0n) is 13.9. The Labute approximate surface area is 162 Å². The monoisotopic (exact) mass is 385 g/mol. The second kappa shape index (κ2) is 7.09. The lowest BCUT2D eigenvalue weighted by molar-refractivity contribution is 0.293. The van der Waals surface area contributed by atoms with Crippen molar-refractivity contribution in [1.29, 1.82) is 0 Å². The highest BCUT2D eigenvalue weighted by molar-refractivity contribution is 7.80. The van der Waals surface area contributed by atoms with Crippen LogP contribution in [0.1, 0.15) is 17.3 Å². The molecule has 0 saturated carbocycles.